The number of thioether (sulfide) groups is 1. The van der Waals surface area contributed by atoms with Crippen molar-refractivity contribution in [3.8, 4) is 0 Å². The fourth-order valence-corrected chi connectivity index (χ4v) is 4.19. The molecule has 1 heterocycles. The molecule has 2 aromatic rings. The van der Waals surface area contributed by atoms with Crippen LogP contribution in [-0.4, -0.2) is 27.3 Å². The van der Waals surface area contributed by atoms with Gasteiger partial charge >= 0.3 is 0 Å². The summed E-state index contributed by atoms with van der Waals surface area (Å²) in [7, 11) is 1.71. The smallest absolute Gasteiger partial charge is 0.261 e. The van der Waals surface area contributed by atoms with Gasteiger partial charge in [-0.05, 0) is 37.8 Å². The summed E-state index contributed by atoms with van der Waals surface area (Å²) in [5.41, 5.74) is 0.589. The molecule has 0 unspecified atom stereocenters. The van der Waals surface area contributed by atoms with Crippen LogP contribution < -0.4 is 10.9 Å². The van der Waals surface area contributed by atoms with Crippen molar-refractivity contribution in [1.82, 2.24) is 14.9 Å². The van der Waals surface area contributed by atoms with Gasteiger partial charge in [0, 0.05) is 13.6 Å². The number of nitrogens with zero attached hydrogens (tertiary/aromatic N) is 2. The summed E-state index contributed by atoms with van der Waals surface area (Å²) >= 11 is 1.33. The van der Waals surface area contributed by atoms with Gasteiger partial charge in [-0.25, -0.2) is 4.98 Å². The Morgan fingerprint density at radius 2 is 2.04 bits per heavy atom. The molecule has 0 aliphatic heterocycles. The molecule has 0 saturated heterocycles. The van der Waals surface area contributed by atoms with E-state index in [0.29, 0.717) is 22.0 Å². The molecular formula is C19H25N3O2S. The number of hydrogen-bond acceptors (Lipinski definition) is 4. The average molecular weight is 359 g/mol. The maximum atomic E-state index is 12.4. The number of amides is 1. The Hall–Kier alpha value is -1.82. The lowest BCUT2D eigenvalue weighted by Crippen LogP contribution is -2.35. The van der Waals surface area contributed by atoms with Crippen LogP contribution in [0.1, 0.15) is 39.0 Å². The maximum Gasteiger partial charge on any atom is 0.261 e. The first kappa shape index (κ1) is 18.0. The van der Waals surface area contributed by atoms with E-state index in [1.807, 2.05) is 25.1 Å². The van der Waals surface area contributed by atoms with E-state index < -0.39 is 0 Å². The van der Waals surface area contributed by atoms with Crippen molar-refractivity contribution in [3.05, 3.63) is 34.6 Å². The van der Waals surface area contributed by atoms with Crippen molar-refractivity contribution in [3.63, 3.8) is 0 Å². The van der Waals surface area contributed by atoms with Crippen LogP contribution in [0.5, 0.6) is 0 Å². The zero-order valence-corrected chi connectivity index (χ0v) is 15.6. The van der Waals surface area contributed by atoms with Crippen LogP contribution in [0.15, 0.2) is 34.2 Å². The van der Waals surface area contributed by atoms with Gasteiger partial charge in [-0.1, -0.05) is 43.2 Å². The molecule has 1 atom stereocenters. The first-order valence-electron chi connectivity index (χ1n) is 8.96. The number of nitrogens with one attached hydrogen (secondary N) is 1. The minimum absolute atomic E-state index is 0.0120. The zero-order valence-electron chi connectivity index (χ0n) is 14.8. The summed E-state index contributed by atoms with van der Waals surface area (Å²) in [5, 5.41) is 3.95. The minimum atomic E-state index is -0.289. The highest BCUT2D eigenvalue weighted by Crippen LogP contribution is 2.24. The molecule has 0 spiro atoms. The molecule has 1 fully saturated rings. The van der Waals surface area contributed by atoms with Gasteiger partial charge in [-0.2, -0.15) is 0 Å². The van der Waals surface area contributed by atoms with Crippen LogP contribution in [-0.2, 0) is 11.8 Å². The van der Waals surface area contributed by atoms with Crippen LogP contribution in [0, 0.1) is 5.92 Å². The van der Waals surface area contributed by atoms with E-state index >= 15 is 0 Å². The van der Waals surface area contributed by atoms with Gasteiger partial charge < -0.3 is 5.32 Å². The largest absolute Gasteiger partial charge is 0.355 e. The van der Waals surface area contributed by atoms with Gasteiger partial charge in [0.1, 0.15) is 0 Å². The quantitative estimate of drug-likeness (QED) is 0.658. The predicted octanol–water partition coefficient (Wildman–Crippen LogP) is 3.11. The third-order valence-corrected chi connectivity index (χ3v) is 6.03. The second-order valence-corrected chi connectivity index (χ2v) is 8.09. The molecular weight excluding hydrogens is 334 g/mol. The fourth-order valence-electron chi connectivity index (χ4n) is 3.29. The minimum Gasteiger partial charge on any atom is -0.355 e. The Kier molecular flexibility index (Phi) is 5.78. The third kappa shape index (κ3) is 4.24. The molecule has 1 aliphatic carbocycles. The maximum absolute atomic E-state index is 12.4. The fraction of sp³-hybridized carbons (Fsp3) is 0.526. The zero-order chi connectivity index (χ0) is 17.8. The summed E-state index contributed by atoms with van der Waals surface area (Å²) in [6, 6.07) is 7.30. The van der Waals surface area contributed by atoms with Gasteiger partial charge in [0.25, 0.3) is 5.56 Å². The molecule has 1 aliphatic rings. The monoisotopic (exact) mass is 359 g/mol. The molecule has 5 nitrogen and oxygen atoms in total. The molecule has 1 saturated carbocycles. The van der Waals surface area contributed by atoms with Crippen LogP contribution in [0.3, 0.4) is 0 Å². The lowest BCUT2D eigenvalue weighted by Gasteiger charge is -2.22. The van der Waals surface area contributed by atoms with Gasteiger partial charge in [0.15, 0.2) is 5.16 Å². The lowest BCUT2D eigenvalue weighted by atomic mass is 9.89. The van der Waals surface area contributed by atoms with E-state index in [2.05, 4.69) is 10.3 Å². The van der Waals surface area contributed by atoms with Crippen LogP contribution in [0.2, 0.25) is 0 Å². The highest BCUT2D eigenvalue weighted by atomic mass is 32.2. The number of hydrogen-bond donors (Lipinski definition) is 1. The molecule has 6 heteroatoms. The van der Waals surface area contributed by atoms with E-state index in [1.54, 1.807) is 13.1 Å². The topological polar surface area (TPSA) is 64.0 Å². The van der Waals surface area contributed by atoms with Crippen molar-refractivity contribution >= 4 is 28.6 Å². The molecule has 1 aromatic carbocycles. The number of benzene rings is 1. The number of fused-ring (bicyclic) bond motifs is 1. The molecule has 1 N–H and O–H groups in total. The molecule has 0 bridgehead atoms. The summed E-state index contributed by atoms with van der Waals surface area (Å²) in [6.07, 6.45) is 6.28. The first-order chi connectivity index (χ1) is 12.1. The summed E-state index contributed by atoms with van der Waals surface area (Å²) in [4.78, 5) is 29.4. The molecule has 0 radical (unpaired) electrons. The van der Waals surface area contributed by atoms with E-state index in [9.17, 15) is 9.59 Å². The number of carbonyl (C=O) groups is 1. The Balaban J connectivity index is 1.66. The molecule has 3 rings (SSSR count). The van der Waals surface area contributed by atoms with Crippen molar-refractivity contribution in [1.29, 1.82) is 0 Å². The number of aromatic nitrogens is 2. The summed E-state index contributed by atoms with van der Waals surface area (Å²) < 4.78 is 1.53. The van der Waals surface area contributed by atoms with E-state index in [4.69, 9.17) is 0 Å². The summed E-state index contributed by atoms with van der Waals surface area (Å²) in [5.74, 6) is 0.621. The Labute approximate surface area is 152 Å². The Bertz CT molecular complexity index is 812. The third-order valence-electron chi connectivity index (χ3n) is 4.88. The van der Waals surface area contributed by atoms with Crippen molar-refractivity contribution < 1.29 is 4.79 Å². The van der Waals surface area contributed by atoms with Crippen LogP contribution in [0.25, 0.3) is 10.9 Å². The molecule has 1 amide bonds. The highest BCUT2D eigenvalue weighted by molar-refractivity contribution is 8.00. The van der Waals surface area contributed by atoms with E-state index in [0.717, 1.165) is 6.54 Å². The first-order valence-corrected chi connectivity index (χ1v) is 9.84. The SMILES string of the molecule is C[C@H](Sc1nc2ccccc2c(=O)n1C)C(=O)NCC1CCCCC1. The summed E-state index contributed by atoms with van der Waals surface area (Å²) in [6.45, 7) is 2.62. The second kappa shape index (κ2) is 8.04. The van der Waals surface area contributed by atoms with Crippen LogP contribution in [0.4, 0.5) is 0 Å². The highest BCUT2D eigenvalue weighted by Gasteiger charge is 2.20. The molecule has 134 valence electrons. The average Bonchev–Trinajstić information content (AvgIpc) is 2.64. The second-order valence-electron chi connectivity index (χ2n) is 6.78. The lowest BCUT2D eigenvalue weighted by molar-refractivity contribution is -0.120. The van der Waals surface area contributed by atoms with Crippen LogP contribution >= 0.6 is 11.8 Å². The Morgan fingerprint density at radius 1 is 1.32 bits per heavy atom. The van der Waals surface area contributed by atoms with Gasteiger partial charge in [-0.3, -0.25) is 14.2 Å². The number of carbonyl (C=O) groups excluding carboxylic acids is 1. The van der Waals surface area contributed by atoms with Crippen molar-refractivity contribution in [2.45, 2.75) is 49.4 Å². The van der Waals surface area contributed by atoms with Gasteiger partial charge in [0.05, 0.1) is 16.2 Å². The van der Waals surface area contributed by atoms with Gasteiger partial charge in [0.2, 0.25) is 5.91 Å². The standard InChI is InChI=1S/C19H25N3O2S/c1-13(17(23)20-12-14-8-4-3-5-9-14)25-19-21-16-11-7-6-10-15(16)18(24)22(19)2/h6-7,10-11,13-14H,3-5,8-9,12H2,1-2H3,(H,20,23)/t13-/m0/s1. The van der Waals surface area contributed by atoms with E-state index in [1.165, 1.54) is 48.4 Å². The van der Waals surface area contributed by atoms with Crippen molar-refractivity contribution in [2.75, 3.05) is 6.54 Å². The van der Waals surface area contributed by atoms with Gasteiger partial charge in [-0.15, -0.1) is 0 Å². The number of para-hydroxylation sites is 1. The van der Waals surface area contributed by atoms with E-state index in [-0.39, 0.29) is 16.7 Å². The Morgan fingerprint density at radius 3 is 2.80 bits per heavy atom. The predicted molar refractivity (Wildman–Crippen MR) is 102 cm³/mol. The van der Waals surface area contributed by atoms with Crippen molar-refractivity contribution in [2.24, 2.45) is 13.0 Å². The molecule has 1 aromatic heterocycles. The normalized spacial score (nSPS) is 16.7. The molecule has 25 heavy (non-hydrogen) atoms. The number of rotatable bonds is 5.